The van der Waals surface area contributed by atoms with E-state index in [1.54, 1.807) is 6.07 Å². The third kappa shape index (κ3) is 3.35. The van der Waals surface area contributed by atoms with E-state index in [0.717, 1.165) is 12.4 Å². The summed E-state index contributed by atoms with van der Waals surface area (Å²) >= 11 is 0. The molecule has 0 saturated heterocycles. The van der Waals surface area contributed by atoms with Gasteiger partial charge >= 0.3 is 0 Å². The van der Waals surface area contributed by atoms with Crippen molar-refractivity contribution in [2.75, 3.05) is 12.0 Å². The van der Waals surface area contributed by atoms with Crippen molar-refractivity contribution < 1.29 is 4.74 Å². The number of hydrazine groups is 1. The van der Waals surface area contributed by atoms with Crippen molar-refractivity contribution in [3.05, 3.63) is 11.9 Å². The summed E-state index contributed by atoms with van der Waals surface area (Å²) in [6.07, 6.45) is 8.95. The Morgan fingerprint density at radius 2 is 1.95 bits per heavy atom. The maximum atomic E-state index is 5.86. The smallest absolute Gasteiger partial charge is 0.218 e. The van der Waals surface area contributed by atoms with Gasteiger partial charge in [0.15, 0.2) is 0 Å². The van der Waals surface area contributed by atoms with Crippen LogP contribution in [0.15, 0.2) is 6.07 Å². The van der Waals surface area contributed by atoms with Crippen LogP contribution in [0, 0.1) is 5.92 Å². The van der Waals surface area contributed by atoms with E-state index in [4.69, 9.17) is 10.6 Å². The molecular formula is C14H22N4O. The van der Waals surface area contributed by atoms with Gasteiger partial charge in [0, 0.05) is 12.0 Å². The molecule has 19 heavy (non-hydrogen) atoms. The SMILES string of the molecule is NNc1cc(OCC2CCCCC2)nc(C2CC2)n1. The molecule has 1 aromatic rings. The summed E-state index contributed by atoms with van der Waals surface area (Å²) in [4.78, 5) is 8.88. The third-order valence-corrected chi connectivity index (χ3v) is 4.00. The van der Waals surface area contributed by atoms with Crippen LogP contribution in [0.2, 0.25) is 0 Å². The van der Waals surface area contributed by atoms with Gasteiger partial charge < -0.3 is 10.2 Å². The minimum atomic E-state index is 0.505. The van der Waals surface area contributed by atoms with Crippen molar-refractivity contribution in [3.63, 3.8) is 0 Å². The fourth-order valence-corrected chi connectivity index (χ4v) is 2.67. The lowest BCUT2D eigenvalue weighted by atomic mass is 9.90. The summed E-state index contributed by atoms with van der Waals surface area (Å²) in [7, 11) is 0. The monoisotopic (exact) mass is 262 g/mol. The highest BCUT2D eigenvalue weighted by atomic mass is 16.5. The molecule has 0 aliphatic heterocycles. The molecule has 104 valence electrons. The lowest BCUT2D eigenvalue weighted by Gasteiger charge is -2.21. The molecule has 0 spiro atoms. The summed E-state index contributed by atoms with van der Waals surface area (Å²) in [5, 5.41) is 0. The normalized spacial score (nSPS) is 20.3. The van der Waals surface area contributed by atoms with Crippen molar-refractivity contribution in [1.82, 2.24) is 9.97 Å². The van der Waals surface area contributed by atoms with Crippen molar-refractivity contribution >= 4 is 5.82 Å². The standard InChI is InChI=1S/C14H22N4O/c15-18-12-8-13(17-14(16-12)11-6-7-11)19-9-10-4-2-1-3-5-10/h8,10-11H,1-7,9,15H2,(H,16,17,18). The van der Waals surface area contributed by atoms with E-state index in [1.165, 1.54) is 44.9 Å². The van der Waals surface area contributed by atoms with E-state index < -0.39 is 0 Å². The first-order valence-electron chi connectivity index (χ1n) is 7.33. The zero-order valence-electron chi connectivity index (χ0n) is 11.3. The molecule has 5 nitrogen and oxygen atoms in total. The highest BCUT2D eigenvalue weighted by Gasteiger charge is 2.27. The summed E-state index contributed by atoms with van der Waals surface area (Å²) in [6, 6.07) is 1.79. The third-order valence-electron chi connectivity index (χ3n) is 4.00. The molecule has 2 saturated carbocycles. The molecule has 1 heterocycles. The minimum absolute atomic E-state index is 0.505. The van der Waals surface area contributed by atoms with Gasteiger partial charge in [0.25, 0.3) is 0 Å². The first kappa shape index (κ1) is 12.7. The van der Waals surface area contributed by atoms with Gasteiger partial charge in [0.2, 0.25) is 5.88 Å². The van der Waals surface area contributed by atoms with E-state index >= 15 is 0 Å². The van der Waals surface area contributed by atoms with Crippen LogP contribution in [0.4, 0.5) is 5.82 Å². The van der Waals surface area contributed by atoms with Crippen LogP contribution in [0.3, 0.4) is 0 Å². The Balaban J connectivity index is 1.63. The molecule has 0 bridgehead atoms. The van der Waals surface area contributed by atoms with Gasteiger partial charge in [-0.2, -0.15) is 4.98 Å². The molecule has 5 heteroatoms. The highest BCUT2D eigenvalue weighted by Crippen LogP contribution is 2.39. The lowest BCUT2D eigenvalue weighted by Crippen LogP contribution is -2.17. The molecule has 3 rings (SSSR count). The minimum Gasteiger partial charge on any atom is -0.477 e. The van der Waals surface area contributed by atoms with E-state index in [2.05, 4.69) is 15.4 Å². The fourth-order valence-electron chi connectivity index (χ4n) is 2.67. The summed E-state index contributed by atoms with van der Waals surface area (Å²) in [5.41, 5.74) is 2.60. The van der Waals surface area contributed by atoms with Crippen LogP contribution >= 0.6 is 0 Å². The Labute approximate surface area is 113 Å². The maximum absolute atomic E-state index is 5.86. The van der Waals surface area contributed by atoms with Gasteiger partial charge in [-0.05, 0) is 31.6 Å². The Hall–Kier alpha value is -1.36. The van der Waals surface area contributed by atoms with E-state index in [9.17, 15) is 0 Å². The number of hydrogen-bond acceptors (Lipinski definition) is 5. The van der Waals surface area contributed by atoms with Gasteiger partial charge in [-0.3, -0.25) is 0 Å². The number of nitrogens with zero attached hydrogens (tertiary/aromatic N) is 2. The van der Waals surface area contributed by atoms with Crippen molar-refractivity contribution in [1.29, 1.82) is 0 Å². The quantitative estimate of drug-likeness (QED) is 0.630. The molecule has 2 aliphatic rings. The van der Waals surface area contributed by atoms with Gasteiger partial charge in [-0.25, -0.2) is 10.8 Å². The second kappa shape index (κ2) is 5.74. The van der Waals surface area contributed by atoms with Crippen LogP contribution in [0.5, 0.6) is 5.88 Å². The van der Waals surface area contributed by atoms with Crippen LogP contribution in [0.1, 0.15) is 56.7 Å². The van der Waals surface area contributed by atoms with Crippen molar-refractivity contribution in [2.45, 2.75) is 50.9 Å². The number of rotatable bonds is 5. The average molecular weight is 262 g/mol. The van der Waals surface area contributed by atoms with Gasteiger partial charge in [-0.15, -0.1) is 0 Å². The van der Waals surface area contributed by atoms with Gasteiger partial charge in [-0.1, -0.05) is 19.3 Å². The lowest BCUT2D eigenvalue weighted by molar-refractivity contribution is 0.202. The number of anilines is 1. The summed E-state index contributed by atoms with van der Waals surface area (Å²) in [5.74, 6) is 8.82. The Kier molecular flexibility index (Phi) is 3.82. The molecule has 2 aliphatic carbocycles. The van der Waals surface area contributed by atoms with Crippen LogP contribution in [-0.4, -0.2) is 16.6 Å². The molecule has 3 N–H and O–H groups in total. The number of nitrogens with one attached hydrogen (secondary N) is 1. The van der Waals surface area contributed by atoms with Gasteiger partial charge in [0.05, 0.1) is 6.61 Å². The van der Waals surface area contributed by atoms with Crippen LogP contribution in [-0.2, 0) is 0 Å². The summed E-state index contributed by atoms with van der Waals surface area (Å²) in [6.45, 7) is 0.769. The van der Waals surface area contributed by atoms with Crippen molar-refractivity contribution in [2.24, 2.45) is 11.8 Å². The Morgan fingerprint density at radius 1 is 1.16 bits per heavy atom. The zero-order valence-corrected chi connectivity index (χ0v) is 11.3. The predicted octanol–water partition coefficient (Wildman–Crippen LogP) is 2.60. The number of hydrogen-bond donors (Lipinski definition) is 2. The molecule has 0 amide bonds. The van der Waals surface area contributed by atoms with E-state index in [-0.39, 0.29) is 0 Å². The fraction of sp³-hybridized carbons (Fsp3) is 0.714. The van der Waals surface area contributed by atoms with E-state index in [0.29, 0.717) is 23.5 Å². The molecule has 1 aromatic heterocycles. The number of nitrogen functional groups attached to an aromatic ring is 1. The summed E-state index contributed by atoms with van der Waals surface area (Å²) < 4.78 is 5.86. The van der Waals surface area contributed by atoms with Crippen LogP contribution in [0.25, 0.3) is 0 Å². The molecule has 2 fully saturated rings. The number of ether oxygens (including phenoxy) is 1. The Bertz CT molecular complexity index is 427. The molecule has 0 unspecified atom stereocenters. The predicted molar refractivity (Wildman–Crippen MR) is 73.9 cm³/mol. The molecule has 0 atom stereocenters. The van der Waals surface area contributed by atoms with Crippen molar-refractivity contribution in [3.8, 4) is 5.88 Å². The largest absolute Gasteiger partial charge is 0.477 e. The van der Waals surface area contributed by atoms with Crippen LogP contribution < -0.4 is 16.0 Å². The first-order chi connectivity index (χ1) is 9.35. The molecular weight excluding hydrogens is 240 g/mol. The first-order valence-corrected chi connectivity index (χ1v) is 7.33. The van der Waals surface area contributed by atoms with Gasteiger partial charge in [0.1, 0.15) is 11.6 Å². The topological polar surface area (TPSA) is 73.1 Å². The molecule has 0 radical (unpaired) electrons. The maximum Gasteiger partial charge on any atom is 0.218 e. The Morgan fingerprint density at radius 3 is 2.63 bits per heavy atom. The highest BCUT2D eigenvalue weighted by molar-refractivity contribution is 5.38. The van der Waals surface area contributed by atoms with E-state index in [1.807, 2.05) is 0 Å². The number of nitrogens with two attached hydrogens (primary N) is 1. The molecule has 0 aromatic carbocycles. The number of aromatic nitrogens is 2. The average Bonchev–Trinajstić information content (AvgIpc) is 3.30. The second-order valence-electron chi connectivity index (χ2n) is 5.68. The second-order valence-corrected chi connectivity index (χ2v) is 5.68. The zero-order chi connectivity index (χ0) is 13.1.